The van der Waals surface area contributed by atoms with Crippen LogP contribution in [0, 0.1) is 0 Å². The average Bonchev–Trinajstić information content (AvgIpc) is 2.14. The topological polar surface area (TPSA) is 66.5 Å². The van der Waals surface area contributed by atoms with Crippen LogP contribution in [0.2, 0.25) is 0 Å². The number of nitrogens with one attached hydrogen (secondary N) is 1. The maximum Gasteiger partial charge on any atom is 0.235 e. The molecule has 0 aromatic rings. The van der Waals surface area contributed by atoms with Crippen LogP contribution in [-0.2, 0) is 14.8 Å². The highest BCUT2D eigenvalue weighted by Crippen LogP contribution is 2.01. The Kier molecular flexibility index (Phi) is 6.87. The van der Waals surface area contributed by atoms with E-state index in [4.69, 9.17) is 11.6 Å². The Morgan fingerprint density at radius 2 is 2.00 bits per heavy atom. The van der Waals surface area contributed by atoms with Crippen LogP contribution in [0.5, 0.6) is 0 Å². The number of likely N-dealkylation sites (N-methyl/N-ethyl adjacent to an activating group) is 2. The Bertz CT molecular complexity index is 292. The molecule has 0 spiro atoms. The minimum Gasteiger partial charge on any atom is -0.355 e. The van der Waals surface area contributed by atoms with Gasteiger partial charge in [0.05, 0.1) is 12.3 Å². The van der Waals surface area contributed by atoms with Crippen molar-refractivity contribution < 1.29 is 13.2 Å². The van der Waals surface area contributed by atoms with E-state index in [1.807, 2.05) is 0 Å². The minimum atomic E-state index is -3.40. The summed E-state index contributed by atoms with van der Waals surface area (Å²) in [4.78, 5) is 11.2. The predicted molar refractivity (Wildman–Crippen MR) is 60.4 cm³/mol. The van der Waals surface area contributed by atoms with Crippen molar-refractivity contribution in [1.82, 2.24) is 9.62 Å². The van der Waals surface area contributed by atoms with Crippen molar-refractivity contribution in [3.05, 3.63) is 0 Å². The van der Waals surface area contributed by atoms with Gasteiger partial charge >= 0.3 is 0 Å². The monoisotopic (exact) mass is 256 g/mol. The molecule has 5 nitrogen and oxygen atoms in total. The number of sulfonamides is 1. The Labute approximate surface area is 95.8 Å². The van der Waals surface area contributed by atoms with Crippen molar-refractivity contribution >= 4 is 27.5 Å². The van der Waals surface area contributed by atoms with Crippen molar-refractivity contribution in [2.75, 3.05) is 31.3 Å². The number of hydrogen-bond donors (Lipinski definition) is 1. The lowest BCUT2D eigenvalue weighted by Crippen LogP contribution is -2.41. The van der Waals surface area contributed by atoms with Crippen LogP contribution in [0.15, 0.2) is 0 Å². The first-order valence-electron chi connectivity index (χ1n) is 4.78. The van der Waals surface area contributed by atoms with Crippen LogP contribution in [0.1, 0.15) is 13.8 Å². The zero-order valence-corrected chi connectivity index (χ0v) is 10.6. The molecule has 0 saturated carbocycles. The van der Waals surface area contributed by atoms with E-state index in [2.05, 4.69) is 5.32 Å². The van der Waals surface area contributed by atoms with Gasteiger partial charge in [-0.05, 0) is 6.92 Å². The van der Waals surface area contributed by atoms with E-state index >= 15 is 0 Å². The molecule has 0 atom stereocenters. The van der Waals surface area contributed by atoms with Crippen LogP contribution in [0.3, 0.4) is 0 Å². The quantitative estimate of drug-likeness (QED) is 0.653. The third-order valence-corrected chi connectivity index (χ3v) is 4.08. The molecule has 0 aliphatic heterocycles. The van der Waals surface area contributed by atoms with E-state index in [1.165, 1.54) is 0 Å². The van der Waals surface area contributed by atoms with Gasteiger partial charge in [-0.2, -0.15) is 4.31 Å². The van der Waals surface area contributed by atoms with E-state index in [9.17, 15) is 13.2 Å². The molecule has 0 radical (unpaired) electrons. The van der Waals surface area contributed by atoms with Gasteiger partial charge in [0.2, 0.25) is 15.9 Å². The molecule has 0 fully saturated rings. The van der Waals surface area contributed by atoms with Gasteiger partial charge in [-0.3, -0.25) is 4.79 Å². The molecule has 15 heavy (non-hydrogen) atoms. The van der Waals surface area contributed by atoms with Crippen molar-refractivity contribution in [1.29, 1.82) is 0 Å². The maximum atomic E-state index is 11.6. The van der Waals surface area contributed by atoms with Gasteiger partial charge in [0.15, 0.2) is 0 Å². The second-order valence-corrected chi connectivity index (χ2v) is 5.35. The number of rotatable bonds is 7. The maximum absolute atomic E-state index is 11.6. The van der Waals surface area contributed by atoms with Crippen molar-refractivity contribution in [2.24, 2.45) is 0 Å². The summed E-state index contributed by atoms with van der Waals surface area (Å²) in [6.45, 7) is 4.10. The first kappa shape index (κ1) is 14.7. The molecule has 0 rings (SSSR count). The normalized spacial score (nSPS) is 11.7. The minimum absolute atomic E-state index is 0.0359. The van der Waals surface area contributed by atoms with E-state index in [-0.39, 0.29) is 30.6 Å². The van der Waals surface area contributed by atoms with Crippen molar-refractivity contribution in [2.45, 2.75) is 13.8 Å². The molecule has 1 N–H and O–H groups in total. The van der Waals surface area contributed by atoms with Crippen LogP contribution in [0.4, 0.5) is 0 Å². The van der Waals surface area contributed by atoms with Gasteiger partial charge in [-0.1, -0.05) is 6.92 Å². The molecule has 0 aliphatic rings. The van der Waals surface area contributed by atoms with Gasteiger partial charge in [0.25, 0.3) is 0 Å². The summed E-state index contributed by atoms with van der Waals surface area (Å²) >= 11 is 5.38. The highest BCUT2D eigenvalue weighted by molar-refractivity contribution is 7.89. The third kappa shape index (κ3) is 5.34. The summed E-state index contributed by atoms with van der Waals surface area (Å²) in [5.41, 5.74) is 0. The Hall–Kier alpha value is -0.330. The van der Waals surface area contributed by atoms with Gasteiger partial charge in [0, 0.05) is 19.0 Å². The lowest BCUT2D eigenvalue weighted by Gasteiger charge is -2.18. The molecule has 0 aromatic carbocycles. The zero-order valence-electron chi connectivity index (χ0n) is 8.99. The Morgan fingerprint density at radius 1 is 1.40 bits per heavy atom. The molecule has 0 saturated heterocycles. The summed E-state index contributed by atoms with van der Waals surface area (Å²) in [5.74, 6) is -0.395. The van der Waals surface area contributed by atoms with Gasteiger partial charge in [-0.15, -0.1) is 11.6 Å². The molecule has 0 aromatic heterocycles. The molecule has 0 bridgehead atoms. The molecular weight excluding hydrogens is 240 g/mol. The van der Waals surface area contributed by atoms with Crippen LogP contribution >= 0.6 is 11.6 Å². The number of alkyl halides is 1. The van der Waals surface area contributed by atoms with Gasteiger partial charge in [-0.25, -0.2) is 8.42 Å². The van der Waals surface area contributed by atoms with Gasteiger partial charge < -0.3 is 5.32 Å². The molecule has 0 heterocycles. The van der Waals surface area contributed by atoms with Crippen LogP contribution in [0.25, 0.3) is 0 Å². The van der Waals surface area contributed by atoms with Crippen molar-refractivity contribution in [3.8, 4) is 0 Å². The fourth-order valence-electron chi connectivity index (χ4n) is 1.05. The summed E-state index contributed by atoms with van der Waals surface area (Å²) in [6.07, 6.45) is 0. The summed E-state index contributed by atoms with van der Waals surface area (Å²) < 4.78 is 24.3. The number of carbonyl (C=O) groups excluding carboxylic acids is 1. The summed E-state index contributed by atoms with van der Waals surface area (Å²) in [5, 5.41) is 2.55. The molecule has 7 heteroatoms. The molecule has 1 amide bonds. The highest BCUT2D eigenvalue weighted by Gasteiger charge is 2.21. The second kappa shape index (κ2) is 7.03. The fourth-order valence-corrected chi connectivity index (χ4v) is 2.79. The van der Waals surface area contributed by atoms with Crippen molar-refractivity contribution in [3.63, 3.8) is 0 Å². The van der Waals surface area contributed by atoms with E-state index in [1.54, 1.807) is 13.8 Å². The number of carbonyl (C=O) groups is 1. The van der Waals surface area contributed by atoms with E-state index < -0.39 is 10.0 Å². The molecule has 90 valence electrons. The largest absolute Gasteiger partial charge is 0.355 e. The number of nitrogens with zero attached hydrogens (tertiary/aromatic N) is 1. The standard InChI is InChI=1S/C8H17ClN2O3S/c1-3-10-8(12)7-11(4-2)15(13,14)6-5-9/h3-7H2,1-2H3,(H,10,12). The number of hydrogen-bond acceptors (Lipinski definition) is 3. The number of halogens is 1. The Morgan fingerprint density at radius 3 is 2.40 bits per heavy atom. The highest BCUT2D eigenvalue weighted by atomic mass is 35.5. The number of amides is 1. The molecule has 0 unspecified atom stereocenters. The average molecular weight is 257 g/mol. The van der Waals surface area contributed by atoms with E-state index in [0.717, 1.165) is 4.31 Å². The fraction of sp³-hybridized carbons (Fsp3) is 0.875. The summed E-state index contributed by atoms with van der Waals surface area (Å²) in [6, 6.07) is 0. The first-order valence-corrected chi connectivity index (χ1v) is 6.92. The first-order chi connectivity index (χ1) is 6.97. The smallest absolute Gasteiger partial charge is 0.235 e. The SMILES string of the molecule is CCNC(=O)CN(CC)S(=O)(=O)CCCl. The molecular formula is C8H17ClN2O3S. The van der Waals surface area contributed by atoms with E-state index in [0.29, 0.717) is 6.54 Å². The predicted octanol–water partition coefficient (Wildman–Crippen LogP) is 0.0130. The molecule has 0 aliphatic carbocycles. The Balaban J connectivity index is 4.43. The summed E-state index contributed by atoms with van der Waals surface area (Å²) in [7, 11) is -3.40. The lowest BCUT2D eigenvalue weighted by molar-refractivity contribution is -0.121. The second-order valence-electron chi connectivity index (χ2n) is 2.88. The zero-order chi connectivity index (χ0) is 11.9. The third-order valence-electron chi connectivity index (χ3n) is 1.78. The van der Waals surface area contributed by atoms with Crippen LogP contribution in [-0.4, -0.2) is 49.9 Å². The lowest BCUT2D eigenvalue weighted by atomic mass is 10.5. The van der Waals surface area contributed by atoms with Gasteiger partial charge in [0.1, 0.15) is 0 Å². The van der Waals surface area contributed by atoms with Crippen LogP contribution < -0.4 is 5.32 Å².